The predicted molar refractivity (Wildman–Crippen MR) is 111 cm³/mol. The molecule has 2 aliphatic heterocycles. The number of hydrogen-bond acceptors (Lipinski definition) is 7. The van der Waals surface area contributed by atoms with Gasteiger partial charge in [0.1, 0.15) is 17.9 Å². The first-order valence-electron chi connectivity index (χ1n) is 10.2. The van der Waals surface area contributed by atoms with E-state index in [1.54, 1.807) is 6.33 Å². The zero-order chi connectivity index (χ0) is 19.5. The third-order valence-electron chi connectivity index (χ3n) is 5.52. The zero-order valence-electron chi connectivity index (χ0n) is 16.8. The lowest BCUT2D eigenvalue weighted by Crippen LogP contribution is -2.35. The molecule has 1 saturated heterocycles. The van der Waals surface area contributed by atoms with Crippen molar-refractivity contribution in [3.8, 4) is 0 Å². The Morgan fingerprint density at radius 1 is 1.29 bits per heavy atom. The minimum absolute atomic E-state index is 0.0172. The van der Waals surface area contributed by atoms with Crippen LogP contribution in [0.15, 0.2) is 40.9 Å². The normalized spacial score (nSPS) is 24.7. The molecule has 1 aromatic heterocycles. The van der Waals surface area contributed by atoms with Crippen LogP contribution >= 0.6 is 0 Å². The van der Waals surface area contributed by atoms with Gasteiger partial charge in [-0.25, -0.2) is 9.97 Å². The van der Waals surface area contributed by atoms with E-state index in [1.807, 2.05) is 20.2 Å². The molecule has 7 heteroatoms. The Hall–Kier alpha value is -2.41. The van der Waals surface area contributed by atoms with Crippen LogP contribution in [-0.4, -0.2) is 65.6 Å². The van der Waals surface area contributed by atoms with Crippen molar-refractivity contribution < 1.29 is 4.74 Å². The molecule has 150 valence electrons. The lowest BCUT2D eigenvalue weighted by molar-refractivity contribution is 0.155. The summed E-state index contributed by atoms with van der Waals surface area (Å²) in [4.78, 5) is 18.1. The van der Waals surface area contributed by atoms with Crippen LogP contribution in [-0.2, 0) is 11.2 Å². The highest BCUT2D eigenvalue weighted by Crippen LogP contribution is 2.25. The average Bonchev–Trinajstić information content (AvgIpc) is 3.35. The molecule has 0 bridgehead atoms. The van der Waals surface area contributed by atoms with Gasteiger partial charge in [-0.15, -0.1) is 0 Å². The first kappa shape index (κ1) is 18.9. The van der Waals surface area contributed by atoms with Gasteiger partial charge in [-0.05, 0) is 44.4 Å². The maximum atomic E-state index is 6.33. The Morgan fingerprint density at radius 2 is 2.18 bits per heavy atom. The van der Waals surface area contributed by atoms with Crippen molar-refractivity contribution >= 4 is 12.2 Å². The van der Waals surface area contributed by atoms with Crippen molar-refractivity contribution in [2.75, 3.05) is 31.1 Å². The topological polar surface area (TPSA) is 79.9 Å². The smallest absolute Gasteiger partial charge is 0.132 e. The summed E-state index contributed by atoms with van der Waals surface area (Å²) in [5.41, 5.74) is 8.49. The molecule has 3 aliphatic rings. The summed E-state index contributed by atoms with van der Waals surface area (Å²) in [7, 11) is 0. The quantitative estimate of drug-likeness (QED) is 0.810. The molecular weight excluding hydrogens is 352 g/mol. The summed E-state index contributed by atoms with van der Waals surface area (Å²) >= 11 is 0. The van der Waals surface area contributed by atoms with E-state index in [4.69, 9.17) is 10.5 Å². The average molecular weight is 383 g/mol. The molecule has 0 aromatic carbocycles. The second-order valence-corrected chi connectivity index (χ2v) is 8.03. The van der Waals surface area contributed by atoms with Crippen LogP contribution in [0, 0.1) is 0 Å². The Bertz CT molecular complexity index is 787. The van der Waals surface area contributed by atoms with Crippen molar-refractivity contribution in [2.24, 2.45) is 10.7 Å². The standard InChI is InChI=1S/C21H30N6O/c1-15(2)28-19-3-4-20(22)16(10-19)9-17-11-21(25-13-24-17)26-7-5-18(12-26)27-8-6-23-14-27/h3,10-11,13-15,18,20H,4-9,12,22H2,1-2H3. The number of ether oxygens (including phenoxy) is 1. The first-order chi connectivity index (χ1) is 13.6. The number of allylic oxidation sites excluding steroid dienone is 1. The van der Waals surface area contributed by atoms with Gasteiger partial charge in [0.2, 0.25) is 0 Å². The second kappa shape index (κ2) is 8.31. The van der Waals surface area contributed by atoms with Gasteiger partial charge in [0.15, 0.2) is 0 Å². The van der Waals surface area contributed by atoms with Crippen LogP contribution in [0.25, 0.3) is 0 Å². The summed E-state index contributed by atoms with van der Waals surface area (Å²) in [6.07, 6.45) is 10.7. The highest BCUT2D eigenvalue weighted by molar-refractivity contribution is 5.58. The van der Waals surface area contributed by atoms with Gasteiger partial charge >= 0.3 is 0 Å². The maximum Gasteiger partial charge on any atom is 0.132 e. The Labute approximate surface area is 167 Å². The third kappa shape index (κ3) is 4.35. The molecule has 2 N–H and O–H groups in total. The monoisotopic (exact) mass is 382 g/mol. The van der Waals surface area contributed by atoms with Crippen LogP contribution in [0.2, 0.25) is 0 Å². The molecular formula is C21H30N6O. The third-order valence-corrected chi connectivity index (χ3v) is 5.52. The highest BCUT2D eigenvalue weighted by Gasteiger charge is 2.28. The van der Waals surface area contributed by atoms with Crippen LogP contribution in [0.5, 0.6) is 0 Å². The molecule has 2 atom stereocenters. The molecule has 0 saturated carbocycles. The highest BCUT2D eigenvalue weighted by atomic mass is 16.5. The maximum absolute atomic E-state index is 6.33. The largest absolute Gasteiger partial charge is 0.491 e. The lowest BCUT2D eigenvalue weighted by atomic mass is 9.94. The summed E-state index contributed by atoms with van der Waals surface area (Å²) in [5.74, 6) is 1.92. The molecule has 1 fully saturated rings. The molecule has 0 spiro atoms. The molecule has 4 rings (SSSR count). The van der Waals surface area contributed by atoms with Gasteiger partial charge in [-0.2, -0.15) is 0 Å². The zero-order valence-corrected chi connectivity index (χ0v) is 16.8. The van der Waals surface area contributed by atoms with E-state index in [2.05, 4.69) is 43.0 Å². The fourth-order valence-electron chi connectivity index (χ4n) is 4.04. The minimum atomic E-state index is 0.0172. The number of aromatic nitrogens is 2. The van der Waals surface area contributed by atoms with E-state index in [9.17, 15) is 0 Å². The van der Waals surface area contributed by atoms with Gasteiger partial charge in [0.05, 0.1) is 19.0 Å². The van der Waals surface area contributed by atoms with Gasteiger partial charge < -0.3 is 20.3 Å². The first-order valence-corrected chi connectivity index (χ1v) is 10.2. The molecule has 2 unspecified atom stereocenters. The molecule has 7 nitrogen and oxygen atoms in total. The molecule has 1 aromatic rings. The van der Waals surface area contributed by atoms with Gasteiger partial charge in [0, 0.05) is 49.9 Å². The number of nitrogens with zero attached hydrogens (tertiary/aromatic N) is 5. The molecule has 3 heterocycles. The van der Waals surface area contributed by atoms with Crippen molar-refractivity contribution in [2.45, 2.75) is 51.3 Å². The fraction of sp³-hybridized carbons (Fsp3) is 0.571. The molecule has 28 heavy (non-hydrogen) atoms. The van der Waals surface area contributed by atoms with Crippen LogP contribution in [0.3, 0.4) is 0 Å². The number of anilines is 1. The van der Waals surface area contributed by atoms with Crippen molar-refractivity contribution in [3.05, 3.63) is 41.6 Å². The molecule has 1 aliphatic carbocycles. The predicted octanol–water partition coefficient (Wildman–Crippen LogP) is 1.91. The molecule has 0 amide bonds. The minimum Gasteiger partial charge on any atom is -0.491 e. The van der Waals surface area contributed by atoms with Gasteiger partial charge in [0.25, 0.3) is 0 Å². The van der Waals surface area contributed by atoms with Crippen molar-refractivity contribution in [1.82, 2.24) is 14.9 Å². The van der Waals surface area contributed by atoms with Gasteiger partial charge in [-0.1, -0.05) is 0 Å². The van der Waals surface area contributed by atoms with Crippen molar-refractivity contribution in [1.29, 1.82) is 0 Å². The van der Waals surface area contributed by atoms with Crippen molar-refractivity contribution in [3.63, 3.8) is 0 Å². The number of aliphatic imine (C=N–C) groups is 1. The number of rotatable bonds is 6. The van der Waals surface area contributed by atoms with Crippen LogP contribution in [0.4, 0.5) is 5.82 Å². The Kier molecular flexibility index (Phi) is 5.62. The second-order valence-electron chi connectivity index (χ2n) is 8.03. The number of hydrogen-bond donors (Lipinski definition) is 1. The lowest BCUT2D eigenvalue weighted by Gasteiger charge is -2.24. The summed E-state index contributed by atoms with van der Waals surface area (Å²) in [5, 5.41) is 0. The summed E-state index contributed by atoms with van der Waals surface area (Å²) < 4.78 is 5.85. The van der Waals surface area contributed by atoms with E-state index < -0.39 is 0 Å². The Balaban J connectivity index is 1.43. The van der Waals surface area contributed by atoms with E-state index in [1.165, 1.54) is 0 Å². The number of nitrogens with two attached hydrogens (primary N) is 1. The van der Waals surface area contributed by atoms with E-state index >= 15 is 0 Å². The fourth-order valence-corrected chi connectivity index (χ4v) is 4.04. The Morgan fingerprint density at radius 3 is 2.96 bits per heavy atom. The molecule has 0 radical (unpaired) electrons. The van der Waals surface area contributed by atoms with E-state index in [-0.39, 0.29) is 12.1 Å². The van der Waals surface area contributed by atoms with E-state index in [0.717, 1.165) is 68.3 Å². The SMILES string of the molecule is CC(C)OC1=CCC(N)C(Cc2cc(N3CCC(N4C=NCC4)C3)ncn2)=C1. The van der Waals surface area contributed by atoms with Crippen LogP contribution < -0.4 is 10.6 Å². The summed E-state index contributed by atoms with van der Waals surface area (Å²) in [6.45, 7) is 8.03. The van der Waals surface area contributed by atoms with Gasteiger partial charge in [-0.3, -0.25) is 4.99 Å². The van der Waals surface area contributed by atoms with E-state index in [0.29, 0.717) is 6.04 Å². The van der Waals surface area contributed by atoms with Crippen LogP contribution in [0.1, 0.15) is 32.4 Å². The summed E-state index contributed by atoms with van der Waals surface area (Å²) in [6, 6.07) is 2.65.